The van der Waals surface area contributed by atoms with E-state index < -0.39 is 6.04 Å². The lowest BCUT2D eigenvalue weighted by atomic mass is 10.1. The highest BCUT2D eigenvalue weighted by Gasteiger charge is 2.27. The molecule has 3 N–H and O–H groups in total. The number of aliphatic imine (C=N–C) groups is 1. The maximum atomic E-state index is 12.5. The number of anilines is 2. The summed E-state index contributed by atoms with van der Waals surface area (Å²) in [6, 6.07) is 13.8. The van der Waals surface area contributed by atoms with E-state index in [4.69, 9.17) is 4.74 Å². The molecule has 0 spiro atoms. The van der Waals surface area contributed by atoms with Crippen molar-refractivity contribution in [3.63, 3.8) is 0 Å². The first-order valence-corrected chi connectivity index (χ1v) is 9.37. The molecule has 1 aromatic heterocycles. The summed E-state index contributed by atoms with van der Waals surface area (Å²) < 4.78 is 6.11. The molecular weight excluding hydrogens is 378 g/mol. The monoisotopic (exact) mass is 395 g/mol. The highest BCUT2D eigenvalue weighted by molar-refractivity contribution is 7.22. The van der Waals surface area contributed by atoms with E-state index in [-0.39, 0.29) is 24.2 Å². The highest BCUT2D eigenvalue weighted by Crippen LogP contribution is 2.25. The molecule has 2 heterocycles. The Hall–Kier alpha value is -3.46. The van der Waals surface area contributed by atoms with Gasteiger partial charge in [0, 0.05) is 5.69 Å². The van der Waals surface area contributed by atoms with Gasteiger partial charge in [0.2, 0.25) is 17.8 Å². The van der Waals surface area contributed by atoms with E-state index >= 15 is 0 Å². The number of thiazole rings is 1. The predicted octanol–water partition coefficient (Wildman–Crippen LogP) is 2.60. The van der Waals surface area contributed by atoms with E-state index in [1.165, 1.54) is 11.3 Å². The van der Waals surface area contributed by atoms with Crippen LogP contribution in [0.4, 0.5) is 10.8 Å². The number of hydrogen-bond donors (Lipinski definition) is 3. The van der Waals surface area contributed by atoms with Crippen LogP contribution in [0.2, 0.25) is 0 Å². The third-order valence-electron chi connectivity index (χ3n) is 4.10. The van der Waals surface area contributed by atoms with Crippen LogP contribution in [-0.4, -0.2) is 35.9 Å². The maximum Gasteiger partial charge on any atom is 0.249 e. The Morgan fingerprint density at radius 2 is 2.00 bits per heavy atom. The fraction of sp³-hybridized carbons (Fsp3) is 0.158. The summed E-state index contributed by atoms with van der Waals surface area (Å²) in [6.45, 7) is 0. The van der Waals surface area contributed by atoms with E-state index in [0.717, 1.165) is 10.2 Å². The number of fused-ring (bicyclic) bond motifs is 1. The zero-order valence-corrected chi connectivity index (χ0v) is 15.7. The fourth-order valence-corrected chi connectivity index (χ4v) is 3.60. The molecule has 4 rings (SSSR count). The molecule has 0 saturated heterocycles. The molecular formula is C19H17N5O3S. The van der Waals surface area contributed by atoms with Gasteiger partial charge in [0.15, 0.2) is 5.13 Å². The number of amides is 2. The van der Waals surface area contributed by atoms with Crippen molar-refractivity contribution in [3.05, 3.63) is 48.5 Å². The normalized spacial score (nSPS) is 16.2. The first kappa shape index (κ1) is 17.9. The Morgan fingerprint density at radius 1 is 1.21 bits per heavy atom. The average molecular weight is 395 g/mol. The van der Waals surface area contributed by atoms with Crippen LogP contribution in [0.1, 0.15) is 6.42 Å². The second-order valence-electron chi connectivity index (χ2n) is 6.08. The van der Waals surface area contributed by atoms with Crippen LogP contribution in [0.15, 0.2) is 53.5 Å². The smallest absolute Gasteiger partial charge is 0.249 e. The van der Waals surface area contributed by atoms with E-state index in [1.807, 2.05) is 24.3 Å². The van der Waals surface area contributed by atoms with E-state index in [2.05, 4.69) is 25.9 Å². The number of carbonyl (C=O) groups is 2. The Balaban J connectivity index is 1.48. The van der Waals surface area contributed by atoms with Crippen LogP contribution in [0.3, 0.4) is 0 Å². The minimum absolute atomic E-state index is 0.0208. The van der Waals surface area contributed by atoms with Gasteiger partial charge in [-0.2, -0.15) is 0 Å². The number of benzene rings is 2. The number of aromatic nitrogens is 1. The Labute approximate surface area is 164 Å². The number of hydrogen-bond acceptors (Lipinski definition) is 7. The first-order chi connectivity index (χ1) is 13.6. The number of nitrogens with one attached hydrogen (secondary N) is 3. The summed E-state index contributed by atoms with van der Waals surface area (Å²) in [7, 11) is 1.57. The maximum absolute atomic E-state index is 12.5. The quantitative estimate of drug-likeness (QED) is 0.630. The van der Waals surface area contributed by atoms with Crippen LogP contribution in [-0.2, 0) is 9.59 Å². The van der Waals surface area contributed by atoms with Crippen molar-refractivity contribution in [2.45, 2.75) is 12.5 Å². The van der Waals surface area contributed by atoms with Gasteiger partial charge in [0.25, 0.3) is 0 Å². The first-order valence-electron chi connectivity index (χ1n) is 8.56. The van der Waals surface area contributed by atoms with Crippen LogP contribution < -0.4 is 20.7 Å². The molecule has 1 atom stereocenters. The molecule has 0 fully saturated rings. The molecule has 1 unspecified atom stereocenters. The minimum Gasteiger partial charge on any atom is -0.497 e. The second kappa shape index (κ2) is 7.65. The van der Waals surface area contributed by atoms with Crippen LogP contribution in [0.5, 0.6) is 5.75 Å². The molecule has 142 valence electrons. The van der Waals surface area contributed by atoms with Crippen LogP contribution >= 0.6 is 11.3 Å². The van der Waals surface area contributed by atoms with Gasteiger partial charge in [-0.25, -0.2) is 9.98 Å². The van der Waals surface area contributed by atoms with Gasteiger partial charge in [-0.15, -0.1) is 0 Å². The summed E-state index contributed by atoms with van der Waals surface area (Å²) in [6.07, 6.45) is -0.0208. The molecule has 9 heteroatoms. The second-order valence-corrected chi connectivity index (χ2v) is 7.11. The number of ether oxygens (including phenoxy) is 1. The number of methoxy groups -OCH3 is 1. The standard InChI is InChI=1S/C19H17N5O3S/c1-27-12-8-6-11(7-9-12)20-17(26)14-10-16(25)23-18(21-14)24-19-22-13-4-2-3-5-15(13)28-19/h2-9,14H,10H2,1H3,(H,20,26)(H2,21,22,23,24,25). The van der Waals surface area contributed by atoms with Crippen molar-refractivity contribution in [2.75, 3.05) is 17.7 Å². The largest absolute Gasteiger partial charge is 0.497 e. The number of para-hydroxylation sites is 1. The molecule has 1 aliphatic heterocycles. The third kappa shape index (κ3) is 3.94. The van der Waals surface area contributed by atoms with Crippen LogP contribution in [0, 0.1) is 0 Å². The average Bonchev–Trinajstić information content (AvgIpc) is 3.10. The molecule has 2 amide bonds. The lowest BCUT2D eigenvalue weighted by Gasteiger charge is -2.20. The number of nitrogens with zero attached hydrogens (tertiary/aromatic N) is 2. The van der Waals surface area contributed by atoms with Crippen molar-refractivity contribution in [1.82, 2.24) is 10.3 Å². The summed E-state index contributed by atoms with van der Waals surface area (Å²) in [4.78, 5) is 33.4. The predicted molar refractivity (Wildman–Crippen MR) is 109 cm³/mol. The lowest BCUT2D eigenvalue weighted by molar-refractivity contribution is -0.124. The fourth-order valence-electron chi connectivity index (χ4n) is 2.73. The van der Waals surface area contributed by atoms with Gasteiger partial charge < -0.3 is 15.4 Å². The molecule has 3 aromatic rings. The van der Waals surface area contributed by atoms with Gasteiger partial charge in [-0.05, 0) is 36.4 Å². The Morgan fingerprint density at radius 3 is 2.75 bits per heavy atom. The van der Waals surface area contributed by atoms with Crippen molar-refractivity contribution in [2.24, 2.45) is 4.99 Å². The van der Waals surface area contributed by atoms with E-state index in [1.54, 1.807) is 31.4 Å². The zero-order chi connectivity index (χ0) is 19.5. The molecule has 0 aliphatic carbocycles. The summed E-state index contributed by atoms with van der Waals surface area (Å²) in [5.41, 5.74) is 1.46. The summed E-state index contributed by atoms with van der Waals surface area (Å²) >= 11 is 1.44. The number of rotatable bonds is 4. The van der Waals surface area contributed by atoms with Gasteiger partial charge in [-0.1, -0.05) is 23.5 Å². The van der Waals surface area contributed by atoms with Gasteiger partial charge in [0.05, 0.1) is 23.7 Å². The minimum atomic E-state index is -0.826. The Kier molecular flexibility index (Phi) is 4.90. The zero-order valence-electron chi connectivity index (χ0n) is 14.9. The molecule has 2 aromatic carbocycles. The molecule has 0 radical (unpaired) electrons. The van der Waals surface area contributed by atoms with E-state index in [9.17, 15) is 9.59 Å². The van der Waals surface area contributed by atoms with Gasteiger partial charge >= 0.3 is 0 Å². The van der Waals surface area contributed by atoms with Crippen molar-refractivity contribution < 1.29 is 14.3 Å². The third-order valence-corrected chi connectivity index (χ3v) is 5.05. The molecule has 1 aliphatic rings. The molecule has 0 saturated carbocycles. The van der Waals surface area contributed by atoms with Crippen molar-refractivity contribution in [1.29, 1.82) is 0 Å². The topological polar surface area (TPSA) is 105 Å². The van der Waals surface area contributed by atoms with Gasteiger partial charge in [-0.3, -0.25) is 14.9 Å². The van der Waals surface area contributed by atoms with Gasteiger partial charge in [0.1, 0.15) is 11.8 Å². The van der Waals surface area contributed by atoms with Crippen molar-refractivity contribution >= 4 is 50.1 Å². The van der Waals surface area contributed by atoms with E-state index in [0.29, 0.717) is 16.6 Å². The molecule has 8 nitrogen and oxygen atoms in total. The number of carbonyl (C=O) groups excluding carboxylic acids is 2. The molecule has 0 bridgehead atoms. The lowest BCUT2D eigenvalue weighted by Crippen LogP contribution is -2.45. The van der Waals surface area contributed by atoms with Crippen LogP contribution in [0.25, 0.3) is 10.2 Å². The SMILES string of the molecule is COc1ccc(NC(=O)C2CC(=O)NC(Nc3nc4ccccc4s3)=N2)cc1. The van der Waals surface area contributed by atoms with Crippen molar-refractivity contribution in [3.8, 4) is 5.75 Å². The Bertz CT molecular complexity index is 1030. The highest BCUT2D eigenvalue weighted by atomic mass is 32.1. The summed E-state index contributed by atoms with van der Waals surface area (Å²) in [5, 5.41) is 9.00. The summed E-state index contributed by atoms with van der Waals surface area (Å²) in [5.74, 6) is 0.262. The molecule has 28 heavy (non-hydrogen) atoms. The number of guanidine groups is 1.